The van der Waals surface area contributed by atoms with Crippen LogP contribution in [0, 0.1) is 0 Å². The van der Waals surface area contributed by atoms with Crippen molar-refractivity contribution >= 4 is 131 Å². The summed E-state index contributed by atoms with van der Waals surface area (Å²) in [6.07, 6.45) is 6.47. The first-order valence-corrected chi connectivity index (χ1v) is 48.6. The summed E-state index contributed by atoms with van der Waals surface area (Å²) in [6.45, 7) is 0. The maximum atomic E-state index is 5.52. The molecule has 0 saturated carbocycles. The molecule has 0 aliphatic heterocycles. The average molecular weight is 1840 g/mol. The lowest BCUT2D eigenvalue weighted by Crippen LogP contribution is -2.05. The smallest absolute Gasteiger partial charge is 0.235 e. The van der Waals surface area contributed by atoms with E-state index in [-0.39, 0.29) is 0 Å². The summed E-state index contributed by atoms with van der Waals surface area (Å²) in [7, 11) is 0. The van der Waals surface area contributed by atoms with E-state index in [0.717, 1.165) is 200 Å². The normalized spacial score (nSPS) is 11.6. The predicted octanol–water partition coefficient (Wildman–Crippen LogP) is 32.7. The average Bonchev–Trinajstić information content (AvgIpc) is 1.56. The number of nitrogens with zero attached hydrogens (tertiary/aromatic N) is 13. The van der Waals surface area contributed by atoms with Crippen molar-refractivity contribution in [2.24, 2.45) is 0 Å². The first-order valence-electron chi connectivity index (χ1n) is 48.6. The summed E-state index contributed by atoms with van der Waals surface area (Å²) < 4.78 is 13.6. The quantitative estimate of drug-likeness (QED) is 0.106. The number of hydrogen-bond donors (Lipinski definition) is 0. The molecule has 144 heavy (non-hydrogen) atoms. The molecule has 13 heteroatoms. The Balaban J connectivity index is 0.000000108. The molecule has 13 nitrogen and oxygen atoms in total. The van der Waals surface area contributed by atoms with Gasteiger partial charge in [-0.1, -0.05) is 376 Å². The zero-order chi connectivity index (χ0) is 95.1. The van der Waals surface area contributed by atoms with Crippen LogP contribution in [0.5, 0.6) is 0 Å². The molecular formula is C131H85N13. The molecule has 10 aromatic heterocycles. The van der Waals surface area contributed by atoms with E-state index in [1.54, 1.807) is 0 Å². The highest BCUT2D eigenvalue weighted by Gasteiger charge is 2.28. The summed E-state index contributed by atoms with van der Waals surface area (Å²) in [5.41, 5.74) is 32.5. The second-order valence-corrected chi connectivity index (χ2v) is 36.3. The molecule has 0 N–H and O–H groups in total. The van der Waals surface area contributed by atoms with Gasteiger partial charge in [-0.05, 0) is 166 Å². The highest BCUT2D eigenvalue weighted by Crippen LogP contribution is 2.46. The standard InChI is InChI=1S/C46H30N4.C45H29N5.C40H26N4/c1-4-14-31(15-5-1)34-28-35(32-16-6-2-7-17-32)30-36(29-34)43-40-21-10-12-22-41(40)47-46(48-43)50-42-23-13-11-20-38(42)39-25-24-33-26-27-49(44(33)45(39)50)37-18-8-3-9-19-37;1-4-14-30(15-5-1)33-28-39(31-16-6-2-7-17-31)46-40(29-33)42-37-21-10-12-22-38(37)47-45(48-42)50-41-23-13-11-20-35(41)36-25-24-32-26-27-49(43(32)44(36)50)34-18-8-3-9-19-34;1-3-11-27(12-4-1)28-19-21-29(22-20-28)37-34-16-7-9-17-35(34)41-40(42-37)44-36-18-10-8-15-32(36)33-24-23-30-25-26-43(38(30)39(33)44)31-13-5-2-6-14-31/h1-30H;1-29H;1-26H. The van der Waals surface area contributed by atoms with Crippen LogP contribution in [0.15, 0.2) is 516 Å². The zero-order valence-electron chi connectivity index (χ0n) is 77.9. The van der Waals surface area contributed by atoms with Gasteiger partial charge in [0.05, 0.1) is 89.0 Å². The van der Waals surface area contributed by atoms with Crippen molar-refractivity contribution in [3.05, 3.63) is 516 Å². The van der Waals surface area contributed by atoms with Crippen LogP contribution >= 0.6 is 0 Å². The van der Waals surface area contributed by atoms with Crippen molar-refractivity contribution in [3.63, 3.8) is 0 Å². The Bertz CT molecular complexity index is 9480. The van der Waals surface area contributed by atoms with E-state index in [0.29, 0.717) is 17.8 Å². The first kappa shape index (κ1) is 83.7. The van der Waals surface area contributed by atoms with E-state index in [2.05, 4.69) is 507 Å². The minimum absolute atomic E-state index is 0.603. The van der Waals surface area contributed by atoms with Crippen LogP contribution in [-0.2, 0) is 0 Å². The Hall–Kier alpha value is -19.6. The fourth-order valence-corrected chi connectivity index (χ4v) is 21.2. The van der Waals surface area contributed by atoms with Crippen LogP contribution < -0.4 is 0 Å². The zero-order valence-corrected chi connectivity index (χ0v) is 77.9. The molecule has 29 rings (SSSR count). The van der Waals surface area contributed by atoms with Crippen LogP contribution in [-0.4, -0.2) is 62.3 Å². The van der Waals surface area contributed by atoms with Gasteiger partial charge in [0, 0.05) is 117 Å². The van der Waals surface area contributed by atoms with Crippen molar-refractivity contribution in [3.8, 4) is 125 Å². The topological polar surface area (TPSA) is 120 Å². The van der Waals surface area contributed by atoms with E-state index in [1.165, 1.54) is 38.1 Å². The number of rotatable bonds is 14. The SMILES string of the molecule is c1ccc(-c2cc(-c3ccccc3)cc(-c3nc(-n4c5ccccc5c5ccc6ccn(-c7ccccc7)c6c54)nc4ccccc34)c2)cc1.c1ccc(-c2cc(-c3ccccc3)nc(-c3nc(-n4c5ccccc5c5ccc6ccn(-c7ccccc7)c6c54)nc4ccccc34)c2)cc1.c1ccc(-c2ccc(-c3nc(-n4c5ccccc5c5ccc6ccn(-c7ccccc7)c6c54)nc4ccccc34)cc2)cc1. The summed E-state index contributed by atoms with van der Waals surface area (Å²) in [4.78, 5) is 37.4. The van der Waals surface area contributed by atoms with Crippen LogP contribution in [0.4, 0.5) is 0 Å². The molecule has 0 unspecified atom stereocenters. The molecule has 0 atom stereocenters. The van der Waals surface area contributed by atoms with Crippen molar-refractivity contribution in [1.29, 1.82) is 0 Å². The van der Waals surface area contributed by atoms with Crippen LogP contribution in [0.1, 0.15) is 0 Å². The lowest BCUT2D eigenvalue weighted by molar-refractivity contribution is 1.01. The van der Waals surface area contributed by atoms with E-state index >= 15 is 0 Å². The molecule has 0 spiro atoms. The Kier molecular flexibility index (Phi) is 20.6. The molecule has 19 aromatic carbocycles. The molecule has 0 saturated heterocycles. The lowest BCUT2D eigenvalue weighted by Gasteiger charge is -2.15. The summed E-state index contributed by atoms with van der Waals surface area (Å²) in [6, 6.07) is 174. The Labute approximate surface area is 828 Å². The van der Waals surface area contributed by atoms with E-state index in [4.69, 9.17) is 34.9 Å². The largest absolute Gasteiger partial charge is 0.315 e. The Morgan fingerprint density at radius 2 is 0.410 bits per heavy atom. The van der Waals surface area contributed by atoms with Crippen LogP contribution in [0.25, 0.3) is 255 Å². The third-order valence-electron chi connectivity index (χ3n) is 27.9. The van der Waals surface area contributed by atoms with Gasteiger partial charge in [-0.15, -0.1) is 0 Å². The summed E-state index contributed by atoms with van der Waals surface area (Å²) in [5.74, 6) is 1.90. The molecule has 0 radical (unpaired) electrons. The van der Waals surface area contributed by atoms with E-state index < -0.39 is 0 Å². The van der Waals surface area contributed by atoms with Crippen molar-refractivity contribution in [2.45, 2.75) is 0 Å². The molecule has 0 aliphatic rings. The maximum absolute atomic E-state index is 5.52. The summed E-state index contributed by atoms with van der Waals surface area (Å²) >= 11 is 0. The molecule has 29 aromatic rings. The molecule has 0 fully saturated rings. The lowest BCUT2D eigenvalue weighted by atomic mass is 9.94. The predicted molar refractivity (Wildman–Crippen MR) is 593 cm³/mol. The minimum atomic E-state index is 0.603. The highest BCUT2D eigenvalue weighted by atomic mass is 15.2. The third kappa shape index (κ3) is 14.7. The molecule has 0 aliphatic carbocycles. The summed E-state index contributed by atoms with van der Waals surface area (Å²) in [5, 5.41) is 13.5. The number of para-hydroxylation sites is 9. The number of aromatic nitrogens is 13. The number of benzene rings is 19. The molecule has 674 valence electrons. The number of fused-ring (bicyclic) bond motifs is 18. The van der Waals surface area contributed by atoms with Gasteiger partial charge in [0.1, 0.15) is 5.69 Å². The van der Waals surface area contributed by atoms with Crippen molar-refractivity contribution < 1.29 is 0 Å². The highest BCUT2D eigenvalue weighted by molar-refractivity contribution is 6.21. The van der Waals surface area contributed by atoms with Gasteiger partial charge < -0.3 is 13.7 Å². The molecule has 0 amide bonds. The molecule has 10 heterocycles. The third-order valence-corrected chi connectivity index (χ3v) is 27.9. The second-order valence-electron chi connectivity index (χ2n) is 36.3. The van der Waals surface area contributed by atoms with E-state index in [1.807, 2.05) is 36.4 Å². The van der Waals surface area contributed by atoms with E-state index in [9.17, 15) is 0 Å². The van der Waals surface area contributed by atoms with Gasteiger partial charge in [0.25, 0.3) is 0 Å². The first-order chi connectivity index (χ1) is 71.4. The van der Waals surface area contributed by atoms with Gasteiger partial charge in [-0.3, -0.25) is 13.7 Å². The van der Waals surface area contributed by atoms with Gasteiger partial charge in [-0.2, -0.15) is 0 Å². The number of hydrogen-bond acceptors (Lipinski definition) is 7. The van der Waals surface area contributed by atoms with Crippen LogP contribution in [0.3, 0.4) is 0 Å². The molecule has 0 bridgehead atoms. The van der Waals surface area contributed by atoms with Gasteiger partial charge >= 0.3 is 0 Å². The number of pyridine rings is 1. The van der Waals surface area contributed by atoms with Crippen molar-refractivity contribution in [1.82, 2.24) is 62.3 Å². The molecular weight excluding hydrogens is 1760 g/mol. The Morgan fingerprint density at radius 3 is 0.778 bits per heavy atom. The fraction of sp³-hybridized carbons (Fsp3) is 0. The minimum Gasteiger partial charge on any atom is -0.315 e. The Morgan fingerprint density at radius 1 is 0.146 bits per heavy atom. The fourth-order valence-electron chi connectivity index (χ4n) is 21.2. The monoisotopic (exact) mass is 1840 g/mol. The maximum Gasteiger partial charge on any atom is 0.235 e. The van der Waals surface area contributed by atoms with Crippen LogP contribution in [0.2, 0.25) is 0 Å². The van der Waals surface area contributed by atoms with Gasteiger partial charge in [0.2, 0.25) is 17.8 Å². The second kappa shape index (κ2) is 35.4. The van der Waals surface area contributed by atoms with Gasteiger partial charge in [-0.25, -0.2) is 34.9 Å². The van der Waals surface area contributed by atoms with Crippen molar-refractivity contribution in [2.75, 3.05) is 0 Å². The van der Waals surface area contributed by atoms with Gasteiger partial charge in [0.15, 0.2) is 0 Å².